The van der Waals surface area contributed by atoms with Crippen molar-refractivity contribution in [3.05, 3.63) is 18.0 Å². The number of nitrogens with zero attached hydrogens (tertiary/aromatic N) is 2. The fraction of sp³-hybridized carbons (Fsp3) is 0.556. The van der Waals surface area contributed by atoms with Gasteiger partial charge in [-0.2, -0.15) is 5.10 Å². The number of aromatic nitrogens is 2. The van der Waals surface area contributed by atoms with Crippen LogP contribution in [0.1, 0.15) is 17.4 Å². The lowest BCUT2D eigenvalue weighted by molar-refractivity contribution is 0.0649. The molecular weight excluding hydrogens is 180 g/mol. The van der Waals surface area contributed by atoms with Crippen LogP contribution in [0.25, 0.3) is 0 Å². The second kappa shape index (κ2) is 3.79. The molecule has 5 nitrogen and oxygen atoms in total. The highest BCUT2D eigenvalue weighted by Crippen LogP contribution is 2.07. The minimum absolute atomic E-state index is 0.0384. The number of carbonyl (C=O) groups is 1. The van der Waals surface area contributed by atoms with Gasteiger partial charge in [0.2, 0.25) is 0 Å². The summed E-state index contributed by atoms with van der Waals surface area (Å²) in [4.78, 5) is 13.8. The first kappa shape index (κ1) is 9.21. The first-order valence-corrected chi connectivity index (χ1v) is 4.80. The smallest absolute Gasteiger partial charge is 0.272 e. The van der Waals surface area contributed by atoms with E-state index in [9.17, 15) is 4.79 Å². The zero-order valence-electron chi connectivity index (χ0n) is 8.16. The molecule has 2 heterocycles. The van der Waals surface area contributed by atoms with E-state index in [4.69, 9.17) is 0 Å². The van der Waals surface area contributed by atoms with E-state index < -0.39 is 0 Å². The Balaban J connectivity index is 2.10. The van der Waals surface area contributed by atoms with Crippen LogP contribution in [0.2, 0.25) is 0 Å². The fourth-order valence-corrected chi connectivity index (χ4v) is 1.67. The van der Waals surface area contributed by atoms with E-state index in [0.717, 1.165) is 19.6 Å². The van der Waals surface area contributed by atoms with Crippen molar-refractivity contribution in [1.29, 1.82) is 0 Å². The maximum atomic E-state index is 11.9. The minimum Gasteiger partial charge on any atom is -0.332 e. The predicted octanol–water partition coefficient (Wildman–Crippen LogP) is -0.156. The average Bonchev–Trinajstić information content (AvgIpc) is 2.70. The van der Waals surface area contributed by atoms with Crippen LogP contribution in [-0.2, 0) is 0 Å². The predicted molar refractivity (Wildman–Crippen MR) is 52.0 cm³/mol. The van der Waals surface area contributed by atoms with Crippen molar-refractivity contribution in [1.82, 2.24) is 20.4 Å². The van der Waals surface area contributed by atoms with Gasteiger partial charge in [0, 0.05) is 31.9 Å². The summed E-state index contributed by atoms with van der Waals surface area (Å²) in [6.07, 6.45) is 1.60. The molecule has 1 aliphatic rings. The van der Waals surface area contributed by atoms with E-state index in [1.54, 1.807) is 12.3 Å². The summed E-state index contributed by atoms with van der Waals surface area (Å²) in [5.74, 6) is 0.0384. The van der Waals surface area contributed by atoms with Crippen molar-refractivity contribution in [3.63, 3.8) is 0 Å². The van der Waals surface area contributed by atoms with Gasteiger partial charge in [0.1, 0.15) is 5.69 Å². The molecule has 1 saturated heterocycles. The summed E-state index contributed by atoms with van der Waals surface area (Å²) >= 11 is 0. The van der Waals surface area contributed by atoms with E-state index in [1.165, 1.54) is 0 Å². The minimum atomic E-state index is 0.0384. The van der Waals surface area contributed by atoms with E-state index in [1.807, 2.05) is 11.8 Å². The first-order chi connectivity index (χ1) is 6.79. The Labute approximate surface area is 82.5 Å². The number of carbonyl (C=O) groups excluding carboxylic acids is 1. The van der Waals surface area contributed by atoms with Crippen LogP contribution in [0, 0.1) is 0 Å². The number of H-pyrrole nitrogens is 1. The molecule has 1 amide bonds. The molecule has 2 rings (SSSR count). The summed E-state index contributed by atoms with van der Waals surface area (Å²) in [5.41, 5.74) is 0.568. The fourth-order valence-electron chi connectivity index (χ4n) is 1.67. The molecule has 0 unspecified atom stereocenters. The van der Waals surface area contributed by atoms with Crippen molar-refractivity contribution in [2.24, 2.45) is 0 Å². The van der Waals surface area contributed by atoms with E-state index in [-0.39, 0.29) is 11.9 Å². The molecule has 1 aromatic heterocycles. The molecule has 0 spiro atoms. The van der Waals surface area contributed by atoms with Crippen LogP contribution >= 0.6 is 0 Å². The SMILES string of the molecule is C[C@H]1CNCCN1C(=O)c1ccn[nH]1. The second-order valence-electron chi connectivity index (χ2n) is 3.52. The second-order valence-corrected chi connectivity index (χ2v) is 3.52. The van der Waals surface area contributed by atoms with E-state index >= 15 is 0 Å². The molecule has 5 heteroatoms. The summed E-state index contributed by atoms with van der Waals surface area (Å²) in [6.45, 7) is 4.53. The Bertz CT molecular complexity index is 309. The summed E-state index contributed by atoms with van der Waals surface area (Å²) < 4.78 is 0. The summed E-state index contributed by atoms with van der Waals surface area (Å²) in [7, 11) is 0. The van der Waals surface area contributed by atoms with Gasteiger partial charge in [-0.05, 0) is 13.0 Å². The average molecular weight is 194 g/mol. The summed E-state index contributed by atoms with van der Waals surface area (Å²) in [6, 6.07) is 1.96. The van der Waals surface area contributed by atoms with Crippen molar-refractivity contribution >= 4 is 5.91 Å². The lowest BCUT2D eigenvalue weighted by Gasteiger charge is -2.33. The molecule has 76 valence electrons. The van der Waals surface area contributed by atoms with Crippen molar-refractivity contribution in [2.75, 3.05) is 19.6 Å². The monoisotopic (exact) mass is 194 g/mol. The largest absolute Gasteiger partial charge is 0.332 e. The van der Waals surface area contributed by atoms with Gasteiger partial charge in [-0.1, -0.05) is 0 Å². The number of nitrogens with one attached hydrogen (secondary N) is 2. The van der Waals surface area contributed by atoms with Crippen LogP contribution in [0.3, 0.4) is 0 Å². The molecule has 1 aromatic rings. The van der Waals surface area contributed by atoms with Crippen LogP contribution in [0.4, 0.5) is 0 Å². The number of piperazine rings is 1. The molecule has 0 saturated carbocycles. The molecule has 0 aliphatic carbocycles. The Morgan fingerprint density at radius 2 is 2.57 bits per heavy atom. The third-order valence-corrected chi connectivity index (χ3v) is 2.49. The highest BCUT2D eigenvalue weighted by Gasteiger charge is 2.24. The van der Waals surface area contributed by atoms with Crippen molar-refractivity contribution < 1.29 is 4.79 Å². The molecule has 2 N–H and O–H groups in total. The molecule has 0 aromatic carbocycles. The Kier molecular flexibility index (Phi) is 2.49. The zero-order chi connectivity index (χ0) is 9.97. The van der Waals surface area contributed by atoms with Gasteiger partial charge in [-0.3, -0.25) is 9.89 Å². The quantitative estimate of drug-likeness (QED) is 0.653. The van der Waals surface area contributed by atoms with Gasteiger partial charge < -0.3 is 10.2 Å². The Morgan fingerprint density at radius 1 is 1.71 bits per heavy atom. The molecule has 0 bridgehead atoms. The lowest BCUT2D eigenvalue weighted by Crippen LogP contribution is -2.52. The van der Waals surface area contributed by atoms with Crippen LogP contribution < -0.4 is 5.32 Å². The maximum Gasteiger partial charge on any atom is 0.272 e. The molecule has 1 aliphatic heterocycles. The standard InChI is InChI=1S/C9H14N4O/c1-7-6-10-4-5-13(7)9(14)8-2-3-11-12-8/h2-3,7,10H,4-6H2,1H3,(H,11,12)/t7-/m0/s1. The van der Waals surface area contributed by atoms with E-state index in [0.29, 0.717) is 5.69 Å². The van der Waals surface area contributed by atoms with Gasteiger partial charge in [0.25, 0.3) is 5.91 Å². The normalized spacial score (nSPS) is 22.4. The van der Waals surface area contributed by atoms with Crippen molar-refractivity contribution in [2.45, 2.75) is 13.0 Å². The van der Waals surface area contributed by atoms with Gasteiger partial charge in [-0.25, -0.2) is 0 Å². The van der Waals surface area contributed by atoms with Gasteiger partial charge in [0.15, 0.2) is 0 Å². The third kappa shape index (κ3) is 1.63. The van der Waals surface area contributed by atoms with Gasteiger partial charge >= 0.3 is 0 Å². The Morgan fingerprint density at radius 3 is 3.21 bits per heavy atom. The highest BCUT2D eigenvalue weighted by atomic mass is 16.2. The molecule has 0 radical (unpaired) electrons. The van der Waals surface area contributed by atoms with E-state index in [2.05, 4.69) is 15.5 Å². The number of hydrogen-bond acceptors (Lipinski definition) is 3. The lowest BCUT2D eigenvalue weighted by atomic mass is 10.2. The van der Waals surface area contributed by atoms with Gasteiger partial charge in [0.05, 0.1) is 0 Å². The van der Waals surface area contributed by atoms with Gasteiger partial charge in [-0.15, -0.1) is 0 Å². The molecule has 14 heavy (non-hydrogen) atoms. The van der Waals surface area contributed by atoms with Crippen molar-refractivity contribution in [3.8, 4) is 0 Å². The molecule has 1 atom stereocenters. The zero-order valence-corrected chi connectivity index (χ0v) is 8.16. The first-order valence-electron chi connectivity index (χ1n) is 4.80. The molecular formula is C9H14N4O. The third-order valence-electron chi connectivity index (χ3n) is 2.49. The number of rotatable bonds is 1. The highest BCUT2D eigenvalue weighted by molar-refractivity contribution is 5.92. The Hall–Kier alpha value is -1.36. The van der Waals surface area contributed by atoms with Crippen LogP contribution in [0.5, 0.6) is 0 Å². The number of amides is 1. The van der Waals surface area contributed by atoms with Crippen LogP contribution in [-0.4, -0.2) is 46.7 Å². The number of hydrogen-bond donors (Lipinski definition) is 2. The topological polar surface area (TPSA) is 61.0 Å². The molecule has 1 fully saturated rings. The maximum absolute atomic E-state index is 11.9. The summed E-state index contributed by atoms with van der Waals surface area (Å²) in [5, 5.41) is 9.71. The van der Waals surface area contributed by atoms with Crippen LogP contribution in [0.15, 0.2) is 12.3 Å². The number of aromatic amines is 1.